The van der Waals surface area contributed by atoms with Gasteiger partial charge in [0.1, 0.15) is 10.8 Å². The summed E-state index contributed by atoms with van der Waals surface area (Å²) in [5.41, 5.74) is 7.58. The molecule has 0 aliphatic heterocycles. The minimum atomic E-state index is 0.128. The zero-order valence-corrected chi connectivity index (χ0v) is 13.8. The topological polar surface area (TPSA) is 60.2 Å². The van der Waals surface area contributed by atoms with E-state index in [1.807, 2.05) is 38.2 Å². The highest BCUT2D eigenvalue weighted by Gasteiger charge is 2.11. The minimum Gasteiger partial charge on any atom is -0.491 e. The first-order valence-corrected chi connectivity index (χ1v) is 8.08. The number of benzene rings is 1. The number of aromatic nitrogens is 1. The molecule has 1 aromatic carbocycles. The molecule has 2 rings (SSSR count). The monoisotopic (exact) mass is 305 g/mol. The highest BCUT2D eigenvalue weighted by atomic mass is 32.1. The number of ether oxygens (including phenoxy) is 1. The van der Waals surface area contributed by atoms with Crippen LogP contribution in [0.15, 0.2) is 24.4 Å². The van der Waals surface area contributed by atoms with Gasteiger partial charge in [0.2, 0.25) is 0 Å². The Hall–Kier alpha value is -1.75. The van der Waals surface area contributed by atoms with Gasteiger partial charge in [0, 0.05) is 34.6 Å². The molecule has 5 heteroatoms. The quantitative estimate of drug-likeness (QED) is 0.783. The molecular formula is C16H23N3OS. The zero-order chi connectivity index (χ0) is 15.4. The van der Waals surface area contributed by atoms with Gasteiger partial charge in [-0.15, -0.1) is 11.3 Å². The lowest BCUT2D eigenvalue weighted by atomic mass is 10.2. The van der Waals surface area contributed by atoms with Crippen LogP contribution in [0.25, 0.3) is 0 Å². The molecule has 4 nitrogen and oxygen atoms in total. The molecule has 2 aromatic rings. The molecule has 21 heavy (non-hydrogen) atoms. The van der Waals surface area contributed by atoms with E-state index in [1.54, 1.807) is 11.3 Å². The van der Waals surface area contributed by atoms with Gasteiger partial charge >= 0.3 is 0 Å². The van der Waals surface area contributed by atoms with Crippen LogP contribution in [0.2, 0.25) is 0 Å². The molecule has 1 atom stereocenters. The molecule has 0 spiro atoms. The van der Waals surface area contributed by atoms with E-state index in [4.69, 9.17) is 10.5 Å². The number of anilines is 2. The smallest absolute Gasteiger partial charge is 0.123 e. The Morgan fingerprint density at radius 3 is 2.67 bits per heavy atom. The molecule has 1 aromatic heterocycles. The molecule has 0 radical (unpaired) electrons. The highest BCUT2D eigenvalue weighted by Crippen LogP contribution is 2.28. The Morgan fingerprint density at radius 2 is 2.05 bits per heavy atom. The van der Waals surface area contributed by atoms with Crippen LogP contribution in [0.4, 0.5) is 11.4 Å². The van der Waals surface area contributed by atoms with Crippen LogP contribution in [-0.4, -0.2) is 11.1 Å². The summed E-state index contributed by atoms with van der Waals surface area (Å²) >= 11 is 1.74. The average molecular weight is 305 g/mol. The molecule has 1 heterocycles. The SMILES string of the molecule is CCc1cnc(C(C)Nc2cc(N)cc(OC(C)C)c2)s1. The van der Waals surface area contributed by atoms with Gasteiger partial charge in [0.05, 0.1) is 12.1 Å². The average Bonchev–Trinajstić information content (AvgIpc) is 2.85. The zero-order valence-electron chi connectivity index (χ0n) is 13.0. The lowest BCUT2D eigenvalue weighted by Gasteiger charge is -2.16. The molecular weight excluding hydrogens is 282 g/mol. The van der Waals surface area contributed by atoms with Crippen LogP contribution in [0.1, 0.15) is 43.6 Å². The standard InChI is InChI=1S/C16H23N3OS/c1-5-15-9-18-16(21-15)11(4)19-13-6-12(17)7-14(8-13)20-10(2)3/h6-11,19H,5,17H2,1-4H3. The van der Waals surface area contributed by atoms with E-state index in [0.717, 1.165) is 22.9 Å². The summed E-state index contributed by atoms with van der Waals surface area (Å²) in [5.74, 6) is 0.785. The first-order chi connectivity index (χ1) is 9.97. The van der Waals surface area contributed by atoms with Crippen molar-refractivity contribution in [1.29, 1.82) is 0 Å². The van der Waals surface area contributed by atoms with Gasteiger partial charge in [-0.3, -0.25) is 0 Å². The summed E-state index contributed by atoms with van der Waals surface area (Å²) in [7, 11) is 0. The van der Waals surface area contributed by atoms with Gasteiger partial charge in [-0.25, -0.2) is 4.98 Å². The first kappa shape index (κ1) is 15.6. The van der Waals surface area contributed by atoms with Crippen molar-refractivity contribution in [1.82, 2.24) is 4.98 Å². The van der Waals surface area contributed by atoms with Gasteiger partial charge in [-0.1, -0.05) is 6.92 Å². The van der Waals surface area contributed by atoms with E-state index in [1.165, 1.54) is 4.88 Å². The van der Waals surface area contributed by atoms with Crippen LogP contribution in [0.3, 0.4) is 0 Å². The lowest BCUT2D eigenvalue weighted by Crippen LogP contribution is -2.09. The second-order valence-electron chi connectivity index (χ2n) is 5.34. The summed E-state index contributed by atoms with van der Waals surface area (Å²) in [5, 5.41) is 4.52. The Labute approximate surface area is 130 Å². The Morgan fingerprint density at radius 1 is 1.29 bits per heavy atom. The lowest BCUT2D eigenvalue weighted by molar-refractivity contribution is 0.242. The van der Waals surface area contributed by atoms with E-state index in [-0.39, 0.29) is 12.1 Å². The number of hydrogen-bond donors (Lipinski definition) is 2. The van der Waals surface area contributed by atoms with Crippen molar-refractivity contribution in [3.63, 3.8) is 0 Å². The molecule has 0 bridgehead atoms. The summed E-state index contributed by atoms with van der Waals surface area (Å²) in [6.45, 7) is 8.24. The normalized spacial score (nSPS) is 12.4. The molecule has 0 fully saturated rings. The maximum atomic E-state index is 5.94. The van der Waals surface area contributed by atoms with E-state index in [2.05, 4.69) is 24.1 Å². The number of thiazole rings is 1. The fourth-order valence-corrected chi connectivity index (χ4v) is 2.90. The molecule has 0 saturated heterocycles. The summed E-state index contributed by atoms with van der Waals surface area (Å²) in [4.78, 5) is 5.77. The number of nitrogens with two attached hydrogens (primary N) is 1. The van der Waals surface area contributed by atoms with Crippen molar-refractivity contribution in [2.75, 3.05) is 11.1 Å². The third-order valence-electron chi connectivity index (χ3n) is 2.97. The Bertz CT molecular complexity index is 595. The number of nitrogen functional groups attached to an aromatic ring is 1. The van der Waals surface area contributed by atoms with Crippen LogP contribution < -0.4 is 15.8 Å². The molecule has 114 valence electrons. The second kappa shape index (κ2) is 6.80. The van der Waals surface area contributed by atoms with E-state index in [9.17, 15) is 0 Å². The molecule has 0 saturated carbocycles. The molecule has 0 aliphatic carbocycles. The van der Waals surface area contributed by atoms with Crippen molar-refractivity contribution in [3.8, 4) is 5.75 Å². The predicted molar refractivity (Wildman–Crippen MR) is 90.1 cm³/mol. The van der Waals surface area contributed by atoms with Crippen molar-refractivity contribution >= 4 is 22.7 Å². The largest absolute Gasteiger partial charge is 0.491 e. The number of rotatable bonds is 6. The third kappa shape index (κ3) is 4.36. The first-order valence-electron chi connectivity index (χ1n) is 7.26. The highest BCUT2D eigenvalue weighted by molar-refractivity contribution is 7.11. The Kier molecular flexibility index (Phi) is 5.07. The number of aryl methyl sites for hydroxylation is 1. The summed E-state index contributed by atoms with van der Waals surface area (Å²) in [6, 6.07) is 5.87. The van der Waals surface area contributed by atoms with Gasteiger partial charge < -0.3 is 15.8 Å². The van der Waals surface area contributed by atoms with Crippen LogP contribution in [0.5, 0.6) is 5.75 Å². The van der Waals surface area contributed by atoms with Gasteiger partial charge in [0.15, 0.2) is 0 Å². The van der Waals surface area contributed by atoms with Crippen LogP contribution in [-0.2, 0) is 6.42 Å². The number of hydrogen-bond acceptors (Lipinski definition) is 5. The van der Waals surface area contributed by atoms with Crippen LogP contribution in [0, 0.1) is 0 Å². The maximum absolute atomic E-state index is 5.94. The van der Waals surface area contributed by atoms with E-state index >= 15 is 0 Å². The van der Waals surface area contributed by atoms with Gasteiger partial charge in [-0.05, 0) is 33.3 Å². The second-order valence-corrected chi connectivity index (χ2v) is 6.49. The van der Waals surface area contributed by atoms with Crippen molar-refractivity contribution < 1.29 is 4.74 Å². The van der Waals surface area contributed by atoms with E-state index in [0.29, 0.717) is 5.69 Å². The summed E-state index contributed by atoms with van der Waals surface area (Å²) in [6.07, 6.45) is 3.10. The molecule has 0 amide bonds. The molecule has 3 N–H and O–H groups in total. The maximum Gasteiger partial charge on any atom is 0.123 e. The van der Waals surface area contributed by atoms with Gasteiger partial charge in [0.25, 0.3) is 0 Å². The number of nitrogens with one attached hydrogen (secondary N) is 1. The molecule has 0 aliphatic rings. The van der Waals surface area contributed by atoms with Gasteiger partial charge in [-0.2, -0.15) is 0 Å². The summed E-state index contributed by atoms with van der Waals surface area (Å²) < 4.78 is 5.71. The third-order valence-corrected chi connectivity index (χ3v) is 4.30. The van der Waals surface area contributed by atoms with Crippen LogP contribution >= 0.6 is 11.3 Å². The Balaban J connectivity index is 2.12. The fraction of sp³-hybridized carbons (Fsp3) is 0.438. The van der Waals surface area contributed by atoms with Crippen molar-refractivity contribution in [2.24, 2.45) is 0 Å². The van der Waals surface area contributed by atoms with Crippen molar-refractivity contribution in [3.05, 3.63) is 34.3 Å². The number of nitrogens with zero attached hydrogens (tertiary/aromatic N) is 1. The molecule has 1 unspecified atom stereocenters. The van der Waals surface area contributed by atoms with Crippen molar-refractivity contribution in [2.45, 2.75) is 46.3 Å². The predicted octanol–water partition coefficient (Wildman–Crippen LogP) is 4.25. The minimum absolute atomic E-state index is 0.128. The fourth-order valence-electron chi connectivity index (χ4n) is 2.04. The van der Waals surface area contributed by atoms with E-state index < -0.39 is 0 Å².